The van der Waals surface area contributed by atoms with E-state index in [0.29, 0.717) is 10.8 Å². The van der Waals surface area contributed by atoms with Gasteiger partial charge in [-0.15, -0.1) is 0 Å². The topological polar surface area (TPSA) is 53.4 Å². The number of benzene rings is 1. The number of carbonyl (C=O) groups is 1. The summed E-state index contributed by atoms with van der Waals surface area (Å²) in [6, 6.07) is 8.80. The van der Waals surface area contributed by atoms with Gasteiger partial charge in [-0.3, -0.25) is 0 Å². The Morgan fingerprint density at radius 2 is 1.86 bits per heavy atom. The first kappa shape index (κ1) is 15.6. The second-order valence-corrected chi connectivity index (χ2v) is 5.45. The summed E-state index contributed by atoms with van der Waals surface area (Å²) in [5.74, 6) is -0.643. The number of nitrogens with zero attached hydrogens (tertiary/aromatic N) is 2. The zero-order chi connectivity index (χ0) is 15.6. The van der Waals surface area contributed by atoms with Crippen LogP contribution in [0.15, 0.2) is 36.5 Å². The number of hydrogen-bond donors (Lipinski definition) is 1. The van der Waals surface area contributed by atoms with Gasteiger partial charge in [-0.25, -0.2) is 9.78 Å². The molecule has 0 radical (unpaired) electrons. The SMILES string of the molecule is CC(c1ccc(Cl)cc1)N(C)c1nccc(C(=O)O)c1Cl. The number of aromatic carboxylic acids is 1. The Labute approximate surface area is 132 Å². The average molecular weight is 325 g/mol. The molecule has 1 aromatic heterocycles. The minimum Gasteiger partial charge on any atom is -0.478 e. The van der Waals surface area contributed by atoms with Gasteiger partial charge in [-0.1, -0.05) is 35.3 Å². The van der Waals surface area contributed by atoms with Crippen LogP contribution in [0.25, 0.3) is 0 Å². The van der Waals surface area contributed by atoms with Crippen LogP contribution in [0.4, 0.5) is 5.82 Å². The maximum Gasteiger partial charge on any atom is 0.337 e. The predicted octanol–water partition coefficient (Wildman–Crippen LogP) is 4.28. The molecule has 1 N–H and O–H groups in total. The molecule has 1 atom stereocenters. The third-order valence-electron chi connectivity index (χ3n) is 3.37. The molecule has 110 valence electrons. The number of carboxylic acids is 1. The van der Waals surface area contributed by atoms with Gasteiger partial charge >= 0.3 is 5.97 Å². The van der Waals surface area contributed by atoms with Crippen molar-refractivity contribution < 1.29 is 9.90 Å². The first-order valence-electron chi connectivity index (χ1n) is 6.28. The fourth-order valence-electron chi connectivity index (χ4n) is 1.99. The number of rotatable bonds is 4. The second kappa shape index (κ2) is 6.33. The Morgan fingerprint density at radius 1 is 1.24 bits per heavy atom. The van der Waals surface area contributed by atoms with Crippen LogP contribution >= 0.6 is 23.2 Å². The smallest absolute Gasteiger partial charge is 0.337 e. The molecule has 0 saturated carbocycles. The molecule has 1 aromatic carbocycles. The molecule has 1 unspecified atom stereocenters. The van der Waals surface area contributed by atoms with Crippen molar-refractivity contribution in [3.63, 3.8) is 0 Å². The van der Waals surface area contributed by atoms with E-state index >= 15 is 0 Å². The largest absolute Gasteiger partial charge is 0.478 e. The zero-order valence-corrected chi connectivity index (χ0v) is 13.1. The summed E-state index contributed by atoms with van der Waals surface area (Å²) in [5.41, 5.74) is 1.07. The molecule has 4 nitrogen and oxygen atoms in total. The molecule has 0 fully saturated rings. The summed E-state index contributed by atoms with van der Waals surface area (Å²) in [6.45, 7) is 1.98. The average Bonchev–Trinajstić information content (AvgIpc) is 2.46. The van der Waals surface area contributed by atoms with Gasteiger partial charge in [0.1, 0.15) is 5.82 Å². The van der Waals surface area contributed by atoms with Gasteiger partial charge in [0, 0.05) is 18.3 Å². The summed E-state index contributed by atoms with van der Waals surface area (Å²) >= 11 is 12.0. The highest BCUT2D eigenvalue weighted by molar-refractivity contribution is 6.35. The molecule has 6 heteroatoms. The Bertz CT molecular complexity index is 659. The molecule has 2 rings (SSSR count). The summed E-state index contributed by atoms with van der Waals surface area (Å²) in [4.78, 5) is 17.1. The number of halogens is 2. The maximum atomic E-state index is 11.1. The summed E-state index contributed by atoms with van der Waals surface area (Å²) in [7, 11) is 1.82. The van der Waals surface area contributed by atoms with E-state index in [1.807, 2.05) is 43.1 Å². The molecular weight excluding hydrogens is 311 g/mol. The Balaban J connectivity index is 2.35. The van der Waals surface area contributed by atoms with Crippen LogP contribution < -0.4 is 4.90 Å². The van der Waals surface area contributed by atoms with E-state index in [1.165, 1.54) is 12.3 Å². The monoisotopic (exact) mass is 324 g/mol. The number of anilines is 1. The minimum absolute atomic E-state index is 0.0312. The van der Waals surface area contributed by atoms with E-state index < -0.39 is 5.97 Å². The van der Waals surface area contributed by atoms with Crippen LogP contribution in [0.1, 0.15) is 28.9 Å². The maximum absolute atomic E-state index is 11.1. The van der Waals surface area contributed by atoms with Crippen molar-refractivity contribution in [2.24, 2.45) is 0 Å². The molecule has 0 aliphatic carbocycles. The van der Waals surface area contributed by atoms with Crippen LogP contribution in [0.5, 0.6) is 0 Å². The van der Waals surface area contributed by atoms with Crippen LogP contribution in [-0.4, -0.2) is 23.1 Å². The molecule has 0 bridgehead atoms. The highest BCUT2D eigenvalue weighted by Gasteiger charge is 2.20. The van der Waals surface area contributed by atoms with Crippen molar-refractivity contribution in [1.82, 2.24) is 4.98 Å². The van der Waals surface area contributed by atoms with E-state index in [4.69, 9.17) is 28.3 Å². The number of hydrogen-bond acceptors (Lipinski definition) is 3. The predicted molar refractivity (Wildman–Crippen MR) is 84.5 cm³/mol. The van der Waals surface area contributed by atoms with E-state index in [1.54, 1.807) is 0 Å². The first-order chi connectivity index (χ1) is 9.91. The molecule has 21 heavy (non-hydrogen) atoms. The molecule has 2 aromatic rings. The van der Waals surface area contributed by atoms with Crippen molar-refractivity contribution in [3.8, 4) is 0 Å². The van der Waals surface area contributed by atoms with Gasteiger partial charge in [0.05, 0.1) is 16.6 Å². The lowest BCUT2D eigenvalue weighted by Gasteiger charge is -2.27. The third kappa shape index (κ3) is 3.28. The third-order valence-corrected chi connectivity index (χ3v) is 3.99. The number of pyridine rings is 1. The Kier molecular flexibility index (Phi) is 4.70. The van der Waals surface area contributed by atoms with Gasteiger partial charge in [0.25, 0.3) is 0 Å². The molecule has 0 amide bonds. The number of aromatic nitrogens is 1. The van der Waals surface area contributed by atoms with Gasteiger partial charge in [-0.2, -0.15) is 0 Å². The molecule has 0 spiro atoms. The van der Waals surface area contributed by atoms with Crippen LogP contribution in [0.2, 0.25) is 10.0 Å². The lowest BCUT2D eigenvalue weighted by Crippen LogP contribution is -2.23. The highest BCUT2D eigenvalue weighted by Crippen LogP contribution is 2.31. The van der Waals surface area contributed by atoms with Gasteiger partial charge in [0.2, 0.25) is 0 Å². The summed E-state index contributed by atoms with van der Waals surface area (Å²) < 4.78 is 0. The molecule has 0 aliphatic heterocycles. The van der Waals surface area contributed by atoms with Gasteiger partial charge < -0.3 is 10.0 Å². The standard InChI is InChI=1S/C15H14Cl2N2O2/c1-9(10-3-5-11(16)6-4-10)19(2)14-13(17)12(15(20)21)7-8-18-14/h3-9H,1-2H3,(H,20,21). The minimum atomic E-state index is -1.07. The Hall–Kier alpha value is -1.78. The van der Waals surface area contributed by atoms with Crippen LogP contribution in [-0.2, 0) is 0 Å². The highest BCUT2D eigenvalue weighted by atomic mass is 35.5. The van der Waals surface area contributed by atoms with Crippen molar-refractivity contribution in [2.75, 3.05) is 11.9 Å². The molecular formula is C15H14Cl2N2O2. The quantitative estimate of drug-likeness (QED) is 0.911. The van der Waals surface area contributed by atoms with E-state index in [9.17, 15) is 4.79 Å². The fraction of sp³-hybridized carbons (Fsp3) is 0.200. The lowest BCUT2D eigenvalue weighted by atomic mass is 10.1. The van der Waals surface area contributed by atoms with E-state index in [-0.39, 0.29) is 16.6 Å². The second-order valence-electron chi connectivity index (χ2n) is 4.64. The number of carboxylic acid groups (broad SMARTS) is 1. The van der Waals surface area contributed by atoms with Crippen LogP contribution in [0.3, 0.4) is 0 Å². The van der Waals surface area contributed by atoms with E-state index in [0.717, 1.165) is 5.56 Å². The van der Waals surface area contributed by atoms with Crippen molar-refractivity contribution in [1.29, 1.82) is 0 Å². The van der Waals surface area contributed by atoms with Gasteiger partial charge in [0.15, 0.2) is 0 Å². The fourth-order valence-corrected chi connectivity index (χ4v) is 2.44. The van der Waals surface area contributed by atoms with Crippen molar-refractivity contribution in [3.05, 3.63) is 57.7 Å². The molecule has 0 saturated heterocycles. The summed E-state index contributed by atoms with van der Waals surface area (Å²) in [5, 5.41) is 9.91. The van der Waals surface area contributed by atoms with Crippen molar-refractivity contribution >= 4 is 35.0 Å². The molecule has 1 heterocycles. The van der Waals surface area contributed by atoms with E-state index in [2.05, 4.69) is 4.98 Å². The summed E-state index contributed by atoms with van der Waals surface area (Å²) in [6.07, 6.45) is 1.44. The Morgan fingerprint density at radius 3 is 2.43 bits per heavy atom. The van der Waals surface area contributed by atoms with Crippen molar-refractivity contribution in [2.45, 2.75) is 13.0 Å². The van der Waals surface area contributed by atoms with Crippen LogP contribution in [0, 0.1) is 0 Å². The lowest BCUT2D eigenvalue weighted by molar-refractivity contribution is 0.0697. The van der Waals surface area contributed by atoms with Gasteiger partial charge in [-0.05, 0) is 30.7 Å². The normalized spacial score (nSPS) is 12.0. The molecule has 0 aliphatic rings. The first-order valence-corrected chi connectivity index (χ1v) is 7.03. The zero-order valence-electron chi connectivity index (χ0n) is 11.5.